The number of hydrogen-bond donors (Lipinski definition) is 1. The molecule has 2 unspecified atom stereocenters. The summed E-state index contributed by atoms with van der Waals surface area (Å²) in [5.41, 5.74) is 4.00. The highest BCUT2D eigenvalue weighted by molar-refractivity contribution is 5.67. The van der Waals surface area contributed by atoms with Crippen molar-refractivity contribution in [1.29, 1.82) is 0 Å². The third-order valence-electron chi connectivity index (χ3n) is 6.69. The summed E-state index contributed by atoms with van der Waals surface area (Å²) in [6.07, 6.45) is 7.78. The van der Waals surface area contributed by atoms with Crippen LogP contribution in [-0.4, -0.2) is 48.0 Å². The van der Waals surface area contributed by atoms with Crippen LogP contribution >= 0.6 is 0 Å². The smallest absolute Gasteiger partial charge is 0.0994 e. The van der Waals surface area contributed by atoms with E-state index in [-0.39, 0.29) is 12.0 Å². The van der Waals surface area contributed by atoms with Crippen LogP contribution < -0.4 is 0 Å². The Labute approximate surface area is 208 Å². The lowest BCUT2D eigenvalue weighted by Crippen LogP contribution is -2.58. The Morgan fingerprint density at radius 3 is 2.44 bits per heavy atom. The average Bonchev–Trinajstić information content (AvgIpc) is 2.88. The third-order valence-corrected chi connectivity index (χ3v) is 6.69. The summed E-state index contributed by atoms with van der Waals surface area (Å²) in [5, 5.41) is 12.0. The van der Waals surface area contributed by atoms with Crippen molar-refractivity contribution >= 4 is 0 Å². The molecule has 0 amide bonds. The largest absolute Gasteiger partial charge is 0.387 e. The van der Waals surface area contributed by atoms with Crippen molar-refractivity contribution in [1.82, 2.24) is 4.90 Å². The van der Waals surface area contributed by atoms with Crippen LogP contribution in [-0.2, 0) is 11.2 Å². The molecule has 2 aromatic rings. The number of nitrogens with zero attached hydrogens (tertiary/aromatic N) is 1. The molecule has 2 aromatic carbocycles. The van der Waals surface area contributed by atoms with Gasteiger partial charge in [0, 0.05) is 26.1 Å². The zero-order valence-electron chi connectivity index (χ0n) is 22.1. The maximum atomic E-state index is 12.0. The Bertz CT molecular complexity index is 903. The predicted molar refractivity (Wildman–Crippen MR) is 146 cm³/mol. The number of ether oxygens (including phenoxy) is 1. The molecule has 2 atom stereocenters. The molecule has 1 N–H and O–H groups in total. The van der Waals surface area contributed by atoms with E-state index >= 15 is 0 Å². The van der Waals surface area contributed by atoms with Gasteiger partial charge in [0.2, 0.25) is 0 Å². The standard InChI is InChI=1S/C29H39NO2.C2H6/c1-5-7-13-24(6-2)21-30-18-19-32-28(22-30)29(31,23(3)4)20-26-16-11-12-17-27(26)25-14-9-8-10-15-25;1-2/h5,7-17,23,28,31H,6,18-22H2,1-4H3;1-2H3/b7-5-,24-13+;. The zero-order valence-corrected chi connectivity index (χ0v) is 22.1. The lowest BCUT2D eigenvalue weighted by atomic mass is 9.77. The summed E-state index contributed by atoms with van der Waals surface area (Å²) in [4.78, 5) is 2.43. The van der Waals surface area contributed by atoms with Gasteiger partial charge in [0.15, 0.2) is 0 Å². The van der Waals surface area contributed by atoms with E-state index in [1.165, 1.54) is 16.7 Å². The zero-order chi connectivity index (χ0) is 25.0. The minimum absolute atomic E-state index is 0.0699. The normalized spacial score (nSPS) is 19.1. The highest BCUT2D eigenvalue weighted by Crippen LogP contribution is 2.34. The number of morpholine rings is 1. The molecule has 0 saturated carbocycles. The molecule has 0 radical (unpaired) electrons. The Hall–Kier alpha value is -2.20. The van der Waals surface area contributed by atoms with E-state index in [4.69, 9.17) is 4.74 Å². The molecular weight excluding hydrogens is 418 g/mol. The molecular formula is C31H45NO2. The monoisotopic (exact) mass is 463 g/mol. The molecule has 0 bridgehead atoms. The molecule has 0 aromatic heterocycles. The van der Waals surface area contributed by atoms with Gasteiger partial charge < -0.3 is 9.84 Å². The quantitative estimate of drug-likeness (QED) is 0.410. The van der Waals surface area contributed by atoms with Crippen molar-refractivity contribution in [2.24, 2.45) is 5.92 Å². The topological polar surface area (TPSA) is 32.7 Å². The summed E-state index contributed by atoms with van der Waals surface area (Å²) >= 11 is 0. The summed E-state index contributed by atoms with van der Waals surface area (Å²) in [6, 6.07) is 18.9. The van der Waals surface area contributed by atoms with E-state index in [0.29, 0.717) is 13.0 Å². The van der Waals surface area contributed by atoms with Crippen LogP contribution in [0.4, 0.5) is 0 Å². The van der Waals surface area contributed by atoms with Crippen LogP contribution in [0, 0.1) is 5.92 Å². The highest BCUT2D eigenvalue weighted by Gasteiger charge is 2.43. The Morgan fingerprint density at radius 2 is 1.79 bits per heavy atom. The molecule has 0 spiro atoms. The number of benzene rings is 2. The molecule has 34 heavy (non-hydrogen) atoms. The van der Waals surface area contributed by atoms with Crippen LogP contribution in [0.1, 0.15) is 53.5 Å². The molecule has 3 heteroatoms. The first-order valence-corrected chi connectivity index (χ1v) is 13.0. The second-order valence-corrected chi connectivity index (χ2v) is 9.14. The number of rotatable bonds is 9. The molecule has 1 heterocycles. The molecule has 3 rings (SSSR count). The summed E-state index contributed by atoms with van der Waals surface area (Å²) in [7, 11) is 0. The van der Waals surface area contributed by atoms with E-state index < -0.39 is 5.60 Å². The van der Waals surface area contributed by atoms with E-state index in [9.17, 15) is 5.11 Å². The fourth-order valence-electron chi connectivity index (χ4n) is 4.52. The Kier molecular flexibility index (Phi) is 11.8. The maximum Gasteiger partial charge on any atom is 0.0994 e. The van der Waals surface area contributed by atoms with Crippen molar-refractivity contribution in [2.75, 3.05) is 26.2 Å². The molecule has 1 aliphatic rings. The van der Waals surface area contributed by atoms with Crippen LogP contribution in [0.3, 0.4) is 0 Å². The second-order valence-electron chi connectivity index (χ2n) is 9.14. The van der Waals surface area contributed by atoms with Crippen LogP contribution in [0.25, 0.3) is 11.1 Å². The fourth-order valence-corrected chi connectivity index (χ4v) is 4.52. The lowest BCUT2D eigenvalue weighted by molar-refractivity contribution is -0.161. The number of aliphatic hydroxyl groups is 1. The molecule has 3 nitrogen and oxygen atoms in total. The predicted octanol–water partition coefficient (Wildman–Crippen LogP) is 6.92. The van der Waals surface area contributed by atoms with Crippen molar-refractivity contribution in [2.45, 2.75) is 66.1 Å². The SMILES string of the molecule is C/C=C\C=C(/CC)CN1CCOC(C(O)(Cc2ccccc2-c2ccccc2)C(C)C)C1.CC. The van der Waals surface area contributed by atoms with E-state index in [1.54, 1.807) is 0 Å². The van der Waals surface area contributed by atoms with E-state index in [2.05, 4.69) is 92.4 Å². The van der Waals surface area contributed by atoms with E-state index in [1.807, 2.05) is 26.8 Å². The van der Waals surface area contributed by atoms with E-state index in [0.717, 1.165) is 31.6 Å². The summed E-state index contributed by atoms with van der Waals surface area (Å²) < 4.78 is 6.22. The van der Waals surface area contributed by atoms with Gasteiger partial charge in [-0.15, -0.1) is 0 Å². The summed E-state index contributed by atoms with van der Waals surface area (Å²) in [6.45, 7) is 15.7. The van der Waals surface area contributed by atoms with Crippen molar-refractivity contribution in [3.8, 4) is 11.1 Å². The average molecular weight is 464 g/mol. The number of allylic oxidation sites excluding steroid dienone is 3. The van der Waals surface area contributed by atoms with Crippen molar-refractivity contribution in [3.05, 3.63) is 84.0 Å². The fraction of sp³-hybridized carbons (Fsp3) is 0.484. The minimum Gasteiger partial charge on any atom is -0.387 e. The van der Waals surface area contributed by atoms with Gasteiger partial charge in [-0.05, 0) is 36.0 Å². The van der Waals surface area contributed by atoms with Gasteiger partial charge in [-0.25, -0.2) is 0 Å². The second kappa shape index (κ2) is 14.3. The molecule has 0 aliphatic carbocycles. The molecule has 1 saturated heterocycles. The summed E-state index contributed by atoms with van der Waals surface area (Å²) in [5.74, 6) is 0.0699. The van der Waals surface area contributed by atoms with Gasteiger partial charge in [0.05, 0.1) is 18.3 Å². The van der Waals surface area contributed by atoms with Gasteiger partial charge in [0.1, 0.15) is 0 Å². The van der Waals surface area contributed by atoms with Gasteiger partial charge >= 0.3 is 0 Å². The molecule has 1 fully saturated rings. The van der Waals surface area contributed by atoms with Gasteiger partial charge in [-0.3, -0.25) is 4.90 Å². The highest BCUT2D eigenvalue weighted by atomic mass is 16.5. The van der Waals surface area contributed by atoms with Gasteiger partial charge in [-0.1, -0.05) is 113 Å². The first-order valence-electron chi connectivity index (χ1n) is 13.0. The van der Waals surface area contributed by atoms with Crippen LogP contribution in [0.5, 0.6) is 0 Å². The van der Waals surface area contributed by atoms with Crippen LogP contribution in [0.2, 0.25) is 0 Å². The van der Waals surface area contributed by atoms with Crippen LogP contribution in [0.15, 0.2) is 78.4 Å². The third kappa shape index (κ3) is 7.40. The molecule has 186 valence electrons. The first kappa shape index (κ1) is 28.0. The lowest BCUT2D eigenvalue weighted by Gasteiger charge is -2.45. The Morgan fingerprint density at radius 1 is 1.12 bits per heavy atom. The van der Waals surface area contributed by atoms with Gasteiger partial charge in [-0.2, -0.15) is 0 Å². The first-order chi connectivity index (χ1) is 16.5. The maximum absolute atomic E-state index is 12.0. The van der Waals surface area contributed by atoms with Crippen molar-refractivity contribution in [3.63, 3.8) is 0 Å². The number of hydrogen-bond acceptors (Lipinski definition) is 3. The Balaban J connectivity index is 0.00000199. The van der Waals surface area contributed by atoms with Gasteiger partial charge in [0.25, 0.3) is 0 Å². The van der Waals surface area contributed by atoms with Crippen molar-refractivity contribution < 1.29 is 9.84 Å². The minimum atomic E-state index is -0.942. The molecule has 1 aliphatic heterocycles.